The van der Waals surface area contributed by atoms with E-state index < -0.39 is 11.1 Å². The van der Waals surface area contributed by atoms with E-state index in [1.807, 2.05) is 12.1 Å². The summed E-state index contributed by atoms with van der Waals surface area (Å²) in [4.78, 5) is 2.52. The van der Waals surface area contributed by atoms with Crippen LogP contribution in [0.1, 0.15) is 43.2 Å². The summed E-state index contributed by atoms with van der Waals surface area (Å²) in [5.41, 5.74) is 2.21. The van der Waals surface area contributed by atoms with Crippen molar-refractivity contribution in [3.05, 3.63) is 35.4 Å². The van der Waals surface area contributed by atoms with E-state index in [0.717, 1.165) is 18.7 Å². The van der Waals surface area contributed by atoms with Crippen molar-refractivity contribution in [2.75, 3.05) is 19.6 Å². The summed E-state index contributed by atoms with van der Waals surface area (Å²) < 4.78 is 21.5. The molecule has 2 rings (SSSR count). The average molecular weight is 280 g/mol. The first kappa shape index (κ1) is 14.7. The van der Waals surface area contributed by atoms with Crippen LogP contribution in [-0.2, 0) is 16.8 Å². The highest BCUT2D eigenvalue weighted by molar-refractivity contribution is 7.78. The molecule has 19 heavy (non-hydrogen) atoms. The molecule has 1 aromatic rings. The maximum absolute atomic E-state index is 10.8. The maximum Gasteiger partial charge on any atom is 0.0353 e. The summed E-state index contributed by atoms with van der Waals surface area (Å²) in [5.74, 6) is 0.718. The van der Waals surface area contributed by atoms with Gasteiger partial charge in [-0.15, -0.1) is 0 Å². The highest BCUT2D eigenvalue weighted by Crippen LogP contribution is 2.28. The normalized spacial score (nSPS) is 19.5. The summed E-state index contributed by atoms with van der Waals surface area (Å²) in [5, 5.41) is 0. The molecule has 1 aromatic carbocycles. The maximum atomic E-state index is 10.8. The van der Waals surface area contributed by atoms with Gasteiger partial charge < -0.3 is 9.45 Å². The Morgan fingerprint density at radius 3 is 2.74 bits per heavy atom. The van der Waals surface area contributed by atoms with Gasteiger partial charge in [0.25, 0.3) is 0 Å². The van der Waals surface area contributed by atoms with Gasteiger partial charge in [-0.2, -0.15) is 0 Å². The SMILES string of the molecule is CCCN1CCC(c2cccc(CS(=O)[O-])c2)CC1. The quantitative estimate of drug-likeness (QED) is 0.779. The van der Waals surface area contributed by atoms with E-state index in [-0.39, 0.29) is 5.75 Å². The van der Waals surface area contributed by atoms with Crippen LogP contribution in [0.3, 0.4) is 0 Å². The molecule has 0 aromatic heterocycles. The van der Waals surface area contributed by atoms with E-state index in [1.165, 1.54) is 31.4 Å². The van der Waals surface area contributed by atoms with Crippen molar-refractivity contribution in [2.24, 2.45) is 0 Å². The van der Waals surface area contributed by atoms with Gasteiger partial charge in [0.1, 0.15) is 0 Å². The Morgan fingerprint density at radius 2 is 2.11 bits per heavy atom. The zero-order valence-corrected chi connectivity index (χ0v) is 12.3. The Bertz CT molecular complexity index is 428. The molecule has 3 nitrogen and oxygen atoms in total. The molecule has 1 saturated heterocycles. The van der Waals surface area contributed by atoms with Crippen LogP contribution in [0.4, 0.5) is 0 Å². The zero-order chi connectivity index (χ0) is 13.7. The van der Waals surface area contributed by atoms with Crippen LogP contribution in [0.2, 0.25) is 0 Å². The lowest BCUT2D eigenvalue weighted by Gasteiger charge is -2.32. The minimum atomic E-state index is -2.00. The lowest BCUT2D eigenvalue weighted by molar-refractivity contribution is 0.213. The molecule has 1 atom stereocenters. The van der Waals surface area contributed by atoms with Gasteiger partial charge >= 0.3 is 0 Å². The lowest BCUT2D eigenvalue weighted by atomic mass is 9.88. The van der Waals surface area contributed by atoms with Crippen molar-refractivity contribution in [2.45, 2.75) is 37.9 Å². The van der Waals surface area contributed by atoms with E-state index >= 15 is 0 Å². The Balaban J connectivity index is 1.97. The smallest absolute Gasteiger partial charge is 0.0353 e. The first-order valence-corrected chi connectivity index (χ1v) is 8.30. The Hall–Kier alpha value is -0.710. The summed E-state index contributed by atoms with van der Waals surface area (Å²) in [7, 11) is 0. The van der Waals surface area contributed by atoms with E-state index in [4.69, 9.17) is 0 Å². The van der Waals surface area contributed by atoms with Gasteiger partial charge in [0.15, 0.2) is 0 Å². The third kappa shape index (κ3) is 4.41. The van der Waals surface area contributed by atoms with E-state index in [9.17, 15) is 8.76 Å². The fourth-order valence-electron chi connectivity index (χ4n) is 2.88. The lowest BCUT2D eigenvalue weighted by Crippen LogP contribution is -2.33. The monoisotopic (exact) mass is 280 g/mol. The number of hydrogen-bond acceptors (Lipinski definition) is 3. The van der Waals surface area contributed by atoms with Gasteiger partial charge in [-0.3, -0.25) is 4.21 Å². The van der Waals surface area contributed by atoms with Crippen LogP contribution in [0.5, 0.6) is 0 Å². The van der Waals surface area contributed by atoms with Crippen LogP contribution in [0.15, 0.2) is 24.3 Å². The summed E-state index contributed by atoms with van der Waals surface area (Å²) in [6.45, 7) is 5.74. The molecule has 0 saturated carbocycles. The Morgan fingerprint density at radius 1 is 1.37 bits per heavy atom. The molecule has 1 heterocycles. The highest BCUT2D eigenvalue weighted by Gasteiger charge is 2.19. The molecule has 4 heteroatoms. The summed E-state index contributed by atoms with van der Waals surface area (Å²) in [6, 6.07) is 8.08. The number of likely N-dealkylation sites (tertiary alicyclic amines) is 1. The molecular weight excluding hydrogens is 258 g/mol. The molecule has 0 aliphatic carbocycles. The number of nitrogens with zero attached hydrogens (tertiary/aromatic N) is 1. The van der Waals surface area contributed by atoms with Crippen molar-refractivity contribution in [1.82, 2.24) is 4.90 Å². The molecule has 106 valence electrons. The molecule has 0 N–H and O–H groups in total. The number of benzene rings is 1. The molecule has 1 aliphatic heterocycles. The van der Waals surface area contributed by atoms with Crippen molar-refractivity contribution < 1.29 is 8.76 Å². The number of rotatable bonds is 5. The molecular formula is C15H22NO2S-. The topological polar surface area (TPSA) is 43.4 Å². The van der Waals surface area contributed by atoms with E-state index in [2.05, 4.69) is 24.0 Å². The second-order valence-corrected chi connectivity index (χ2v) is 6.21. The molecule has 1 aliphatic rings. The highest BCUT2D eigenvalue weighted by atomic mass is 32.2. The Labute approximate surface area is 118 Å². The van der Waals surface area contributed by atoms with Gasteiger partial charge in [-0.05, 0) is 55.9 Å². The fraction of sp³-hybridized carbons (Fsp3) is 0.600. The minimum Gasteiger partial charge on any atom is -0.772 e. The second-order valence-electron chi connectivity index (χ2n) is 5.31. The van der Waals surface area contributed by atoms with Gasteiger partial charge in [0, 0.05) is 5.75 Å². The standard InChI is InChI=1S/C15H23NO2S/c1-2-8-16-9-6-14(7-10-16)15-5-3-4-13(11-15)12-19(17)18/h3-5,11,14H,2,6-10,12H2,1H3,(H,17,18)/p-1. The zero-order valence-electron chi connectivity index (χ0n) is 11.5. The fourth-order valence-corrected chi connectivity index (χ4v) is 3.33. The van der Waals surface area contributed by atoms with Crippen molar-refractivity contribution in [1.29, 1.82) is 0 Å². The summed E-state index contributed by atoms with van der Waals surface area (Å²) in [6.07, 6.45) is 3.59. The molecule has 0 spiro atoms. The second kappa shape index (κ2) is 7.17. The molecule has 0 radical (unpaired) electrons. The van der Waals surface area contributed by atoms with Crippen molar-refractivity contribution >= 4 is 11.1 Å². The molecule has 1 unspecified atom stereocenters. The molecule has 0 bridgehead atoms. The van der Waals surface area contributed by atoms with Crippen molar-refractivity contribution in [3.63, 3.8) is 0 Å². The first-order chi connectivity index (χ1) is 9.19. The molecule has 1 fully saturated rings. The summed E-state index contributed by atoms with van der Waals surface area (Å²) >= 11 is -2.00. The van der Waals surface area contributed by atoms with Crippen LogP contribution >= 0.6 is 0 Å². The van der Waals surface area contributed by atoms with Gasteiger partial charge in [-0.1, -0.05) is 42.3 Å². The van der Waals surface area contributed by atoms with Crippen LogP contribution in [0.25, 0.3) is 0 Å². The first-order valence-electron chi connectivity index (χ1n) is 7.06. The predicted octanol–water partition coefficient (Wildman–Crippen LogP) is 2.66. The van der Waals surface area contributed by atoms with Crippen LogP contribution in [0, 0.1) is 0 Å². The van der Waals surface area contributed by atoms with Gasteiger partial charge in [0.05, 0.1) is 0 Å². The molecule has 0 amide bonds. The van der Waals surface area contributed by atoms with Crippen LogP contribution < -0.4 is 0 Å². The van der Waals surface area contributed by atoms with Crippen molar-refractivity contribution in [3.8, 4) is 0 Å². The minimum absolute atomic E-state index is 0.127. The third-order valence-corrected chi connectivity index (χ3v) is 4.40. The van der Waals surface area contributed by atoms with Gasteiger partial charge in [-0.25, -0.2) is 0 Å². The van der Waals surface area contributed by atoms with Crippen LogP contribution in [-0.4, -0.2) is 33.3 Å². The predicted molar refractivity (Wildman–Crippen MR) is 77.8 cm³/mol. The van der Waals surface area contributed by atoms with E-state index in [1.54, 1.807) is 0 Å². The average Bonchev–Trinajstić information content (AvgIpc) is 2.39. The van der Waals surface area contributed by atoms with E-state index in [0.29, 0.717) is 5.92 Å². The Kier molecular flexibility index (Phi) is 5.55. The number of hydrogen-bond donors (Lipinski definition) is 0. The van der Waals surface area contributed by atoms with Gasteiger partial charge in [0.2, 0.25) is 0 Å². The largest absolute Gasteiger partial charge is 0.772 e. The number of piperidine rings is 1. The third-order valence-electron chi connectivity index (χ3n) is 3.83.